The van der Waals surface area contributed by atoms with Crippen LogP contribution in [0.5, 0.6) is 11.5 Å². The van der Waals surface area contributed by atoms with Gasteiger partial charge in [0.2, 0.25) is 5.78 Å². The van der Waals surface area contributed by atoms with Crippen molar-refractivity contribution in [1.82, 2.24) is 4.90 Å². The van der Waals surface area contributed by atoms with Crippen molar-refractivity contribution < 1.29 is 39.5 Å². The SMILES string of the molecule is CCN1CCC[C@H]1c1cc(O)c2c(c1OC)C[C@H]1C[C@H]3[C@@H](N)C(=O)C(C(N)=O)=C(O)[C@@]3(O)C(=O)C1=C2O. The summed E-state index contributed by atoms with van der Waals surface area (Å²) >= 11 is 0. The zero-order valence-electron chi connectivity index (χ0n) is 20.7. The molecule has 11 heteroatoms. The fourth-order valence-electron chi connectivity index (χ4n) is 6.84. The molecule has 1 saturated heterocycles. The maximum atomic E-state index is 13.7. The average molecular weight is 514 g/mol. The fourth-order valence-corrected chi connectivity index (χ4v) is 6.84. The minimum Gasteiger partial charge on any atom is -0.508 e. The molecule has 3 aliphatic carbocycles. The number of ether oxygens (including phenoxy) is 1. The first-order valence-electron chi connectivity index (χ1n) is 12.4. The molecular formula is C26H31N3O8. The number of hydrogen-bond donors (Lipinski definition) is 6. The molecule has 1 heterocycles. The summed E-state index contributed by atoms with van der Waals surface area (Å²) in [7, 11) is 1.51. The van der Waals surface area contributed by atoms with Gasteiger partial charge in [0.15, 0.2) is 11.4 Å². The summed E-state index contributed by atoms with van der Waals surface area (Å²) < 4.78 is 5.80. The molecule has 1 amide bonds. The molecule has 1 aliphatic heterocycles. The lowest BCUT2D eigenvalue weighted by atomic mass is 9.58. The topological polar surface area (TPSA) is 197 Å². The highest BCUT2D eigenvalue weighted by molar-refractivity contribution is 6.24. The van der Waals surface area contributed by atoms with E-state index in [2.05, 4.69) is 11.8 Å². The molecule has 1 saturated carbocycles. The van der Waals surface area contributed by atoms with Crippen LogP contribution in [0, 0.1) is 11.8 Å². The predicted molar refractivity (Wildman–Crippen MR) is 131 cm³/mol. The van der Waals surface area contributed by atoms with Crippen molar-refractivity contribution in [2.24, 2.45) is 23.3 Å². The number of amides is 1. The molecule has 11 nitrogen and oxygen atoms in total. The lowest BCUT2D eigenvalue weighted by molar-refractivity contribution is -0.149. The van der Waals surface area contributed by atoms with Crippen molar-refractivity contribution in [3.63, 3.8) is 0 Å². The number of aliphatic hydroxyl groups is 3. The zero-order valence-corrected chi connectivity index (χ0v) is 20.7. The zero-order chi connectivity index (χ0) is 27.0. The molecule has 0 bridgehead atoms. The van der Waals surface area contributed by atoms with E-state index >= 15 is 0 Å². The quantitative estimate of drug-likeness (QED) is 0.309. The summed E-state index contributed by atoms with van der Waals surface area (Å²) in [6, 6.07) is 0.0758. The molecule has 1 aromatic carbocycles. The second kappa shape index (κ2) is 8.57. The maximum absolute atomic E-state index is 13.7. The normalized spacial score (nSPS) is 31.8. The molecule has 37 heavy (non-hydrogen) atoms. The minimum absolute atomic E-state index is 0.0121. The number of Topliss-reactive ketones (excluding diaryl/α,β-unsaturated/α-hetero) is 2. The fraction of sp³-hybridized carbons (Fsp3) is 0.500. The minimum atomic E-state index is -2.72. The number of aromatic hydroxyl groups is 1. The molecule has 0 unspecified atom stereocenters. The van der Waals surface area contributed by atoms with Gasteiger partial charge < -0.3 is 36.6 Å². The second-order valence-corrected chi connectivity index (χ2v) is 10.2. The molecular weight excluding hydrogens is 482 g/mol. The first kappa shape index (κ1) is 25.2. The molecule has 8 N–H and O–H groups in total. The first-order valence-corrected chi connectivity index (χ1v) is 12.4. The van der Waals surface area contributed by atoms with E-state index in [1.54, 1.807) is 0 Å². The summed E-state index contributed by atoms with van der Waals surface area (Å²) in [5, 5.41) is 44.5. The van der Waals surface area contributed by atoms with E-state index in [0.29, 0.717) is 11.3 Å². The number of methoxy groups -OCH3 is 1. The van der Waals surface area contributed by atoms with Crippen LogP contribution in [0.25, 0.3) is 5.76 Å². The number of nitrogens with two attached hydrogens (primary N) is 2. The second-order valence-electron chi connectivity index (χ2n) is 10.2. The summed E-state index contributed by atoms with van der Waals surface area (Å²) in [4.78, 5) is 40.5. The van der Waals surface area contributed by atoms with Crippen LogP contribution in [0.1, 0.15) is 48.9 Å². The Morgan fingerprint density at radius 1 is 1.27 bits per heavy atom. The van der Waals surface area contributed by atoms with Crippen molar-refractivity contribution in [3.8, 4) is 11.5 Å². The highest BCUT2D eigenvalue weighted by Gasteiger charge is 2.63. The third-order valence-electron chi connectivity index (χ3n) is 8.56. The Kier molecular flexibility index (Phi) is 5.85. The van der Waals surface area contributed by atoms with Crippen molar-refractivity contribution in [2.75, 3.05) is 20.2 Å². The van der Waals surface area contributed by atoms with Gasteiger partial charge in [-0.15, -0.1) is 0 Å². The monoisotopic (exact) mass is 513 g/mol. The van der Waals surface area contributed by atoms with Crippen molar-refractivity contribution in [1.29, 1.82) is 0 Å². The number of phenolic OH excluding ortho intramolecular Hbond substituents is 1. The number of carbonyl (C=O) groups excluding carboxylic acids is 3. The average Bonchev–Trinajstić information content (AvgIpc) is 3.33. The van der Waals surface area contributed by atoms with E-state index in [0.717, 1.165) is 31.5 Å². The smallest absolute Gasteiger partial charge is 0.255 e. The largest absolute Gasteiger partial charge is 0.508 e. The molecule has 0 radical (unpaired) electrons. The molecule has 1 aromatic rings. The summed E-state index contributed by atoms with van der Waals surface area (Å²) in [5.41, 5.74) is 8.74. The predicted octanol–water partition coefficient (Wildman–Crippen LogP) is 0.527. The summed E-state index contributed by atoms with van der Waals surface area (Å²) in [6.45, 7) is 3.78. The molecule has 4 aliphatic rings. The van der Waals surface area contributed by atoms with Gasteiger partial charge in [0, 0.05) is 28.7 Å². The number of benzene rings is 1. The van der Waals surface area contributed by atoms with Crippen LogP contribution in [0.3, 0.4) is 0 Å². The van der Waals surface area contributed by atoms with Crippen LogP contribution in [-0.2, 0) is 20.8 Å². The standard InChI is InChI=1S/C26H31N3O8/c1-3-29-6-4-5-14(29)11-9-15(30)17-12(22(11)37-2)7-10-8-13-19(27)21(32)18(25(28)35)24(34)26(13,36)23(33)16(10)20(17)31/h9-10,13-14,19,30-31,34,36H,3-8,27H2,1-2H3,(H2,28,35)/t10-,13-,14-,19+,26-/m0/s1. The van der Waals surface area contributed by atoms with Gasteiger partial charge in [-0.2, -0.15) is 0 Å². The lowest BCUT2D eigenvalue weighted by Gasteiger charge is -2.48. The van der Waals surface area contributed by atoms with E-state index in [9.17, 15) is 34.8 Å². The number of fused-ring (bicyclic) bond motifs is 3. The number of nitrogens with zero attached hydrogens (tertiary/aromatic N) is 1. The highest BCUT2D eigenvalue weighted by Crippen LogP contribution is 2.54. The number of ketones is 2. The van der Waals surface area contributed by atoms with Gasteiger partial charge in [-0.05, 0) is 50.8 Å². The number of phenols is 1. The number of likely N-dealkylation sites (tertiary alicyclic amines) is 1. The molecule has 5 atom stereocenters. The van der Waals surface area contributed by atoms with Gasteiger partial charge in [-0.25, -0.2) is 0 Å². The van der Waals surface area contributed by atoms with Crippen LogP contribution in [0.2, 0.25) is 0 Å². The number of hydrogen-bond acceptors (Lipinski definition) is 10. The van der Waals surface area contributed by atoms with E-state index < -0.39 is 58.0 Å². The molecule has 2 fully saturated rings. The summed E-state index contributed by atoms with van der Waals surface area (Å²) in [5.74, 6) is -6.78. The Hall–Kier alpha value is -3.41. The Balaban J connectivity index is 1.69. The number of rotatable bonds is 4. The van der Waals surface area contributed by atoms with Gasteiger partial charge in [0.05, 0.1) is 18.7 Å². The van der Waals surface area contributed by atoms with Crippen molar-refractivity contribution in [2.45, 2.75) is 50.3 Å². The summed E-state index contributed by atoms with van der Waals surface area (Å²) in [6.07, 6.45) is 1.97. The van der Waals surface area contributed by atoms with Crippen LogP contribution in [-0.4, -0.2) is 74.6 Å². The van der Waals surface area contributed by atoms with Gasteiger partial charge in [0.1, 0.15) is 28.6 Å². The van der Waals surface area contributed by atoms with E-state index in [4.69, 9.17) is 16.2 Å². The molecule has 0 aromatic heterocycles. The van der Waals surface area contributed by atoms with Gasteiger partial charge in [-0.3, -0.25) is 19.3 Å². The Morgan fingerprint density at radius 3 is 2.59 bits per heavy atom. The number of primary amides is 1. The first-order chi connectivity index (χ1) is 17.5. The van der Waals surface area contributed by atoms with Crippen LogP contribution >= 0.6 is 0 Å². The Bertz CT molecular complexity index is 1300. The maximum Gasteiger partial charge on any atom is 0.255 e. The van der Waals surface area contributed by atoms with Crippen LogP contribution in [0.4, 0.5) is 0 Å². The lowest BCUT2D eigenvalue weighted by Crippen LogP contribution is -2.65. The third kappa shape index (κ3) is 3.27. The van der Waals surface area contributed by atoms with Crippen molar-refractivity contribution >= 4 is 23.2 Å². The van der Waals surface area contributed by atoms with Crippen molar-refractivity contribution in [3.05, 3.63) is 39.7 Å². The highest BCUT2D eigenvalue weighted by atomic mass is 16.5. The van der Waals surface area contributed by atoms with Gasteiger partial charge >= 0.3 is 0 Å². The molecule has 5 rings (SSSR count). The van der Waals surface area contributed by atoms with Gasteiger partial charge in [-0.1, -0.05) is 6.92 Å². The Morgan fingerprint density at radius 2 is 1.97 bits per heavy atom. The Labute approximate surface area is 213 Å². The van der Waals surface area contributed by atoms with Gasteiger partial charge in [0.25, 0.3) is 5.91 Å². The van der Waals surface area contributed by atoms with E-state index in [1.165, 1.54) is 13.2 Å². The molecule has 198 valence electrons. The van der Waals surface area contributed by atoms with Crippen LogP contribution < -0.4 is 16.2 Å². The molecule has 0 spiro atoms. The number of aliphatic hydroxyl groups excluding tert-OH is 2. The van der Waals surface area contributed by atoms with E-state index in [-0.39, 0.29) is 35.8 Å². The number of carbonyl (C=O) groups is 3. The third-order valence-corrected chi connectivity index (χ3v) is 8.56. The van der Waals surface area contributed by atoms with Crippen LogP contribution in [0.15, 0.2) is 23.0 Å². The van der Waals surface area contributed by atoms with E-state index in [1.807, 2.05) is 0 Å².